The number of carbonyl (C=O) groups is 2. The van der Waals surface area contributed by atoms with E-state index in [2.05, 4.69) is 63.8 Å². The van der Waals surface area contributed by atoms with Crippen LogP contribution in [0.3, 0.4) is 0 Å². The molecule has 2 aliphatic heterocycles. The Morgan fingerprint density at radius 3 is 2.30 bits per heavy atom. The molecule has 3 heterocycles. The maximum atomic E-state index is 9.10. The van der Waals surface area contributed by atoms with E-state index in [4.69, 9.17) is 29.5 Å². The summed E-state index contributed by atoms with van der Waals surface area (Å²) >= 11 is 0. The van der Waals surface area contributed by atoms with E-state index >= 15 is 0 Å². The zero-order chi connectivity index (χ0) is 23.6. The second-order valence-electron chi connectivity index (χ2n) is 7.77. The van der Waals surface area contributed by atoms with E-state index in [1.807, 2.05) is 0 Å². The molecule has 0 bridgehead atoms. The molecule has 1 aromatic carbocycles. The van der Waals surface area contributed by atoms with Crippen molar-refractivity contribution in [1.82, 2.24) is 14.8 Å². The molecular formula is C24H30N4O5. The number of carboxylic acid groups (broad SMARTS) is 2. The Morgan fingerprint density at radius 1 is 1.00 bits per heavy atom. The van der Waals surface area contributed by atoms with Crippen molar-refractivity contribution in [2.24, 2.45) is 0 Å². The van der Waals surface area contributed by atoms with E-state index in [9.17, 15) is 0 Å². The molecule has 9 heteroatoms. The molecule has 2 aromatic rings. The fraction of sp³-hybridized carbons (Fsp3) is 0.458. The minimum atomic E-state index is -1.82. The molecule has 1 aromatic heterocycles. The van der Waals surface area contributed by atoms with E-state index in [1.54, 1.807) is 0 Å². The number of anilines is 1. The van der Waals surface area contributed by atoms with Crippen molar-refractivity contribution in [2.75, 3.05) is 70.5 Å². The second kappa shape index (κ2) is 12.2. The number of nitrogens with zero attached hydrogens (tertiary/aromatic N) is 4. The smallest absolute Gasteiger partial charge is 0.414 e. The first-order chi connectivity index (χ1) is 16.0. The highest BCUT2D eigenvalue weighted by molar-refractivity contribution is 6.27. The Labute approximate surface area is 193 Å². The van der Waals surface area contributed by atoms with E-state index in [1.165, 1.54) is 10.8 Å². The third-order valence-electron chi connectivity index (χ3n) is 5.65. The molecule has 2 saturated heterocycles. The van der Waals surface area contributed by atoms with Gasteiger partial charge in [0, 0.05) is 44.7 Å². The highest BCUT2D eigenvalue weighted by Gasteiger charge is 2.19. The van der Waals surface area contributed by atoms with E-state index < -0.39 is 11.9 Å². The van der Waals surface area contributed by atoms with Crippen molar-refractivity contribution in [1.29, 1.82) is 0 Å². The predicted molar refractivity (Wildman–Crippen MR) is 125 cm³/mol. The summed E-state index contributed by atoms with van der Waals surface area (Å²) in [6, 6.07) is 10.6. The highest BCUT2D eigenvalue weighted by atomic mass is 16.5. The van der Waals surface area contributed by atoms with Crippen LogP contribution in [0.15, 0.2) is 30.3 Å². The molecule has 2 fully saturated rings. The number of piperazine rings is 1. The third kappa shape index (κ3) is 7.15. The van der Waals surface area contributed by atoms with Crippen molar-refractivity contribution < 1.29 is 24.5 Å². The van der Waals surface area contributed by atoms with Crippen LogP contribution in [0.4, 0.5) is 5.82 Å². The van der Waals surface area contributed by atoms with Crippen molar-refractivity contribution in [3.05, 3.63) is 36.0 Å². The van der Waals surface area contributed by atoms with Crippen LogP contribution in [0.1, 0.15) is 12.6 Å². The molecule has 0 spiro atoms. The van der Waals surface area contributed by atoms with Gasteiger partial charge in [-0.3, -0.25) is 4.90 Å². The fourth-order valence-corrected chi connectivity index (χ4v) is 3.76. The van der Waals surface area contributed by atoms with Gasteiger partial charge in [-0.1, -0.05) is 37.1 Å². The van der Waals surface area contributed by atoms with Crippen LogP contribution < -0.4 is 4.90 Å². The average Bonchev–Trinajstić information content (AvgIpc) is 2.84. The molecule has 0 aliphatic carbocycles. The van der Waals surface area contributed by atoms with Gasteiger partial charge in [-0.2, -0.15) is 0 Å². The van der Waals surface area contributed by atoms with Gasteiger partial charge in [-0.15, -0.1) is 0 Å². The first kappa shape index (κ1) is 24.5. The lowest BCUT2D eigenvalue weighted by Gasteiger charge is -2.35. The van der Waals surface area contributed by atoms with Gasteiger partial charge in [-0.25, -0.2) is 14.6 Å². The molecule has 0 unspecified atom stereocenters. The van der Waals surface area contributed by atoms with Crippen molar-refractivity contribution in [3.8, 4) is 11.8 Å². The Morgan fingerprint density at radius 2 is 1.67 bits per heavy atom. The van der Waals surface area contributed by atoms with Gasteiger partial charge < -0.3 is 24.7 Å². The van der Waals surface area contributed by atoms with Crippen molar-refractivity contribution >= 4 is 28.5 Å². The Kier molecular flexibility index (Phi) is 9.01. The lowest BCUT2D eigenvalue weighted by Crippen LogP contribution is -2.46. The van der Waals surface area contributed by atoms with E-state index in [0.29, 0.717) is 0 Å². The molecule has 4 rings (SSSR count). The van der Waals surface area contributed by atoms with Gasteiger partial charge in [0.15, 0.2) is 0 Å². The number of pyridine rings is 1. The number of fused-ring (bicyclic) bond motifs is 1. The number of aliphatic carboxylic acids is 2. The third-order valence-corrected chi connectivity index (χ3v) is 5.65. The van der Waals surface area contributed by atoms with Crippen LogP contribution in [0.5, 0.6) is 0 Å². The van der Waals surface area contributed by atoms with Crippen LogP contribution in [0, 0.1) is 11.8 Å². The number of hydrogen-bond donors (Lipinski definition) is 2. The minimum Gasteiger partial charge on any atom is -0.473 e. The maximum absolute atomic E-state index is 9.10. The molecule has 0 saturated carbocycles. The number of benzene rings is 1. The summed E-state index contributed by atoms with van der Waals surface area (Å²) in [6.45, 7) is 11.9. The summed E-state index contributed by atoms with van der Waals surface area (Å²) in [5.74, 6) is 4.05. The van der Waals surface area contributed by atoms with Crippen LogP contribution >= 0.6 is 0 Å². The Bertz CT molecular complexity index is 1010. The fourth-order valence-electron chi connectivity index (χ4n) is 3.76. The van der Waals surface area contributed by atoms with Gasteiger partial charge in [0.25, 0.3) is 0 Å². The SMILES string of the molecule is CCN1CCN(c2nc(C#CCN3CCOCC3)cc3ccccc23)CC1.O=C(O)C(=O)O. The zero-order valence-electron chi connectivity index (χ0n) is 18.9. The molecule has 9 nitrogen and oxygen atoms in total. The molecule has 0 amide bonds. The zero-order valence-corrected chi connectivity index (χ0v) is 18.9. The summed E-state index contributed by atoms with van der Waals surface area (Å²) in [5.41, 5.74) is 0.870. The summed E-state index contributed by atoms with van der Waals surface area (Å²) in [6.07, 6.45) is 0. The second-order valence-corrected chi connectivity index (χ2v) is 7.77. The molecular weight excluding hydrogens is 424 g/mol. The summed E-state index contributed by atoms with van der Waals surface area (Å²) < 4.78 is 5.40. The Hall–Kier alpha value is -3.19. The first-order valence-electron chi connectivity index (χ1n) is 11.1. The number of ether oxygens (including phenoxy) is 1. The molecule has 0 radical (unpaired) electrons. The average molecular weight is 455 g/mol. The molecule has 2 N–H and O–H groups in total. The summed E-state index contributed by atoms with van der Waals surface area (Å²) in [7, 11) is 0. The standard InChI is InChI=1S/C22H28N4O.C2H2O4/c1-2-24-10-12-26(13-11-24)22-21-8-4-3-6-19(21)18-20(23-22)7-5-9-25-14-16-27-17-15-25;3-1(4)2(5)6/h3-4,6,8,18H,2,9-17H2,1H3;(H,3,4)(H,5,6). The molecule has 2 aliphatic rings. The first-order valence-corrected chi connectivity index (χ1v) is 11.1. The number of morpholine rings is 1. The normalized spacial score (nSPS) is 16.9. The maximum Gasteiger partial charge on any atom is 0.414 e. The minimum absolute atomic E-state index is 0.780. The number of likely N-dealkylation sites (N-methyl/N-ethyl adjacent to an activating group) is 1. The summed E-state index contributed by atoms with van der Waals surface area (Å²) in [5, 5.41) is 17.2. The molecule has 0 atom stereocenters. The van der Waals surface area contributed by atoms with Gasteiger partial charge in [-0.05, 0) is 23.9 Å². The molecule has 176 valence electrons. The predicted octanol–water partition coefficient (Wildman–Crippen LogP) is 1.22. The number of aromatic nitrogens is 1. The number of hydrogen-bond acceptors (Lipinski definition) is 7. The van der Waals surface area contributed by atoms with Crippen LogP contribution in [-0.4, -0.2) is 103 Å². The van der Waals surface area contributed by atoms with Gasteiger partial charge in [0.1, 0.15) is 11.5 Å². The monoisotopic (exact) mass is 454 g/mol. The van der Waals surface area contributed by atoms with Gasteiger partial charge in [0.05, 0.1) is 19.8 Å². The quantitative estimate of drug-likeness (QED) is 0.523. The van der Waals surface area contributed by atoms with Gasteiger partial charge >= 0.3 is 11.9 Å². The van der Waals surface area contributed by atoms with Crippen LogP contribution in [0.2, 0.25) is 0 Å². The van der Waals surface area contributed by atoms with Crippen LogP contribution in [-0.2, 0) is 14.3 Å². The van der Waals surface area contributed by atoms with Gasteiger partial charge in [0.2, 0.25) is 0 Å². The van der Waals surface area contributed by atoms with Crippen molar-refractivity contribution in [2.45, 2.75) is 6.92 Å². The number of carboxylic acids is 2. The summed E-state index contributed by atoms with van der Waals surface area (Å²) in [4.78, 5) is 30.4. The highest BCUT2D eigenvalue weighted by Crippen LogP contribution is 2.26. The van der Waals surface area contributed by atoms with Crippen LogP contribution in [0.25, 0.3) is 10.8 Å². The van der Waals surface area contributed by atoms with Crippen molar-refractivity contribution in [3.63, 3.8) is 0 Å². The topological polar surface area (TPSA) is 106 Å². The number of rotatable bonds is 3. The lowest BCUT2D eigenvalue weighted by molar-refractivity contribution is -0.159. The Balaban J connectivity index is 0.000000454. The molecule has 33 heavy (non-hydrogen) atoms. The van der Waals surface area contributed by atoms with E-state index in [-0.39, 0.29) is 0 Å². The largest absolute Gasteiger partial charge is 0.473 e. The van der Waals surface area contributed by atoms with E-state index in [0.717, 1.165) is 77.1 Å². The lowest BCUT2D eigenvalue weighted by atomic mass is 10.1.